The van der Waals surface area contributed by atoms with Gasteiger partial charge in [0.25, 0.3) is 0 Å². The van der Waals surface area contributed by atoms with Crippen molar-refractivity contribution >= 4 is 17.5 Å². The number of allylic oxidation sites excluding steroid dienone is 3. The van der Waals surface area contributed by atoms with Gasteiger partial charge in [-0.3, -0.25) is 4.90 Å². The molecule has 5 nitrogen and oxygen atoms in total. The first-order chi connectivity index (χ1) is 13.2. The number of hydrogen-bond acceptors (Lipinski definition) is 6. The second-order valence-electron chi connectivity index (χ2n) is 7.23. The van der Waals surface area contributed by atoms with Crippen LogP contribution in [-0.4, -0.2) is 54.2 Å². The molecule has 1 aliphatic carbocycles. The number of nitrogens with zero attached hydrogens (tertiary/aromatic N) is 1. The van der Waals surface area contributed by atoms with Crippen molar-refractivity contribution in [2.75, 3.05) is 33.1 Å². The van der Waals surface area contributed by atoms with Gasteiger partial charge in [-0.1, -0.05) is 18.2 Å². The van der Waals surface area contributed by atoms with E-state index in [1.807, 2.05) is 30.0 Å². The van der Waals surface area contributed by atoms with Crippen LogP contribution in [0, 0.1) is 17.2 Å². The quantitative estimate of drug-likeness (QED) is 0.833. The van der Waals surface area contributed by atoms with Crippen molar-refractivity contribution in [3.63, 3.8) is 0 Å². The largest absolute Gasteiger partial charge is 0.493 e. The number of methoxy groups -OCH3 is 2. The first-order valence-electron chi connectivity index (χ1n) is 9.34. The van der Waals surface area contributed by atoms with Gasteiger partial charge in [-0.25, -0.2) is 0 Å². The number of fused-ring (bicyclic) bond motifs is 3. The van der Waals surface area contributed by atoms with Crippen LogP contribution in [0.5, 0.6) is 11.5 Å². The van der Waals surface area contributed by atoms with Gasteiger partial charge >= 0.3 is 0 Å². The third kappa shape index (κ3) is 3.20. The van der Waals surface area contributed by atoms with Crippen molar-refractivity contribution in [3.05, 3.63) is 47.6 Å². The molecule has 0 aromatic heterocycles. The van der Waals surface area contributed by atoms with Crippen LogP contribution in [-0.2, 0) is 6.42 Å². The average Bonchev–Trinajstić information content (AvgIpc) is 2.72. The van der Waals surface area contributed by atoms with Crippen molar-refractivity contribution in [2.24, 2.45) is 11.8 Å². The van der Waals surface area contributed by atoms with E-state index in [2.05, 4.69) is 23.1 Å². The Kier molecular flexibility index (Phi) is 5.30. The summed E-state index contributed by atoms with van der Waals surface area (Å²) in [5, 5.41) is 18.7. The molecule has 1 saturated heterocycles. The van der Waals surface area contributed by atoms with E-state index in [1.54, 1.807) is 14.2 Å². The minimum Gasteiger partial charge on any atom is -0.493 e. The number of thioether (sulfide) groups is 1. The summed E-state index contributed by atoms with van der Waals surface area (Å²) >= 11 is 1.87. The Morgan fingerprint density at radius 2 is 2.00 bits per heavy atom. The van der Waals surface area contributed by atoms with Gasteiger partial charge in [0, 0.05) is 42.5 Å². The lowest BCUT2D eigenvalue weighted by molar-refractivity contribution is 0.0753. The Hall–Kier alpha value is -1.76. The highest BCUT2D eigenvalue weighted by molar-refractivity contribution is 7.99. The molecule has 4 unspecified atom stereocenters. The van der Waals surface area contributed by atoms with E-state index in [1.165, 1.54) is 11.1 Å². The Bertz CT molecular complexity index is 792. The molecule has 2 heterocycles. The van der Waals surface area contributed by atoms with Crippen molar-refractivity contribution in [1.82, 2.24) is 4.90 Å². The summed E-state index contributed by atoms with van der Waals surface area (Å²) in [6, 6.07) is 4.31. The summed E-state index contributed by atoms with van der Waals surface area (Å²) in [5.41, 5.74) is 3.16. The summed E-state index contributed by atoms with van der Waals surface area (Å²) in [5.74, 6) is 2.63. The van der Waals surface area contributed by atoms with Gasteiger partial charge in [0.2, 0.25) is 0 Å². The SMILES string of the molecule is COc1cc2c(cc1OC)C1C(CO)CSC(C3C=CC=CC3=N)N1CC2. The molecule has 0 spiro atoms. The molecule has 2 aliphatic heterocycles. The maximum atomic E-state index is 10.1. The molecule has 2 N–H and O–H groups in total. The Morgan fingerprint density at radius 1 is 1.22 bits per heavy atom. The molecule has 27 heavy (non-hydrogen) atoms. The molecule has 0 bridgehead atoms. The van der Waals surface area contributed by atoms with Gasteiger partial charge in [-0.2, -0.15) is 0 Å². The molecule has 1 aromatic rings. The Labute approximate surface area is 164 Å². The minimum absolute atomic E-state index is 0.0869. The van der Waals surface area contributed by atoms with Gasteiger partial charge in [0.05, 0.1) is 19.6 Å². The molecule has 1 aromatic carbocycles. The van der Waals surface area contributed by atoms with Crippen LogP contribution >= 0.6 is 11.8 Å². The number of nitrogens with one attached hydrogen (secondary N) is 1. The van der Waals surface area contributed by atoms with Crippen LogP contribution in [0.1, 0.15) is 17.2 Å². The third-order valence-electron chi connectivity index (χ3n) is 5.82. The molecule has 1 fully saturated rings. The number of aliphatic hydroxyl groups excluding tert-OH is 1. The predicted octanol–water partition coefficient (Wildman–Crippen LogP) is 3.05. The highest BCUT2D eigenvalue weighted by Crippen LogP contribution is 2.48. The van der Waals surface area contributed by atoms with E-state index in [0.717, 1.165) is 30.2 Å². The van der Waals surface area contributed by atoms with E-state index in [9.17, 15) is 5.11 Å². The molecule has 6 heteroatoms. The monoisotopic (exact) mass is 386 g/mol. The van der Waals surface area contributed by atoms with Crippen LogP contribution in [0.4, 0.5) is 0 Å². The summed E-state index contributed by atoms with van der Waals surface area (Å²) in [6.07, 6.45) is 8.94. The molecule has 0 saturated carbocycles. The van der Waals surface area contributed by atoms with Crippen molar-refractivity contribution in [2.45, 2.75) is 17.8 Å². The number of benzene rings is 1. The summed E-state index contributed by atoms with van der Waals surface area (Å²) in [7, 11) is 3.33. The first-order valence-corrected chi connectivity index (χ1v) is 10.4. The van der Waals surface area contributed by atoms with Crippen LogP contribution in [0.25, 0.3) is 0 Å². The van der Waals surface area contributed by atoms with Crippen LogP contribution in [0.15, 0.2) is 36.4 Å². The van der Waals surface area contributed by atoms with E-state index in [-0.39, 0.29) is 29.9 Å². The molecular weight excluding hydrogens is 360 g/mol. The standard InChI is InChI=1S/C21H26N2O3S/c1-25-18-9-13-7-8-23-20(16(13)10-19(18)26-2)14(11-24)12-27-21(23)15-5-3-4-6-17(15)22/h3-6,9-10,14-15,20-22,24H,7-8,11-12H2,1-2H3. The molecule has 3 aliphatic rings. The van der Waals surface area contributed by atoms with Gasteiger partial charge in [-0.05, 0) is 35.8 Å². The zero-order valence-corrected chi connectivity index (χ0v) is 16.5. The summed E-state index contributed by atoms with van der Waals surface area (Å²) < 4.78 is 11.0. The predicted molar refractivity (Wildman–Crippen MR) is 109 cm³/mol. The van der Waals surface area contributed by atoms with Gasteiger partial charge in [-0.15, -0.1) is 11.8 Å². The molecule has 4 atom stereocenters. The zero-order chi connectivity index (χ0) is 19.0. The highest BCUT2D eigenvalue weighted by Gasteiger charge is 2.44. The van der Waals surface area contributed by atoms with E-state index >= 15 is 0 Å². The van der Waals surface area contributed by atoms with Crippen molar-refractivity contribution in [1.29, 1.82) is 5.41 Å². The smallest absolute Gasteiger partial charge is 0.161 e. The van der Waals surface area contributed by atoms with Crippen molar-refractivity contribution < 1.29 is 14.6 Å². The highest BCUT2D eigenvalue weighted by atomic mass is 32.2. The lowest BCUT2D eigenvalue weighted by Crippen LogP contribution is -2.52. The topological polar surface area (TPSA) is 65.8 Å². The van der Waals surface area contributed by atoms with Gasteiger partial charge in [0.1, 0.15) is 0 Å². The van der Waals surface area contributed by atoms with Crippen LogP contribution in [0.3, 0.4) is 0 Å². The van der Waals surface area contributed by atoms with E-state index < -0.39 is 0 Å². The number of hydrogen-bond donors (Lipinski definition) is 2. The third-order valence-corrected chi connectivity index (χ3v) is 7.35. The van der Waals surface area contributed by atoms with Crippen molar-refractivity contribution in [3.8, 4) is 11.5 Å². The number of rotatable bonds is 4. The average molecular weight is 387 g/mol. The fourth-order valence-corrected chi connectivity index (χ4v) is 6.09. The molecule has 4 rings (SSSR count). The number of aliphatic hydroxyl groups is 1. The zero-order valence-electron chi connectivity index (χ0n) is 15.7. The van der Waals surface area contributed by atoms with Crippen LogP contribution < -0.4 is 9.47 Å². The summed E-state index contributed by atoms with van der Waals surface area (Å²) in [4.78, 5) is 2.49. The Balaban J connectivity index is 1.74. The van der Waals surface area contributed by atoms with Gasteiger partial charge < -0.3 is 20.0 Å². The normalized spacial score (nSPS) is 30.0. The number of ether oxygens (including phenoxy) is 2. The molecule has 0 amide bonds. The first kappa shape index (κ1) is 18.6. The fraction of sp³-hybridized carbons (Fsp3) is 0.476. The Morgan fingerprint density at radius 3 is 2.70 bits per heavy atom. The molecule has 0 radical (unpaired) electrons. The molecule has 144 valence electrons. The van der Waals surface area contributed by atoms with Crippen LogP contribution in [0.2, 0.25) is 0 Å². The molecular formula is C21H26N2O3S. The van der Waals surface area contributed by atoms with E-state index in [4.69, 9.17) is 14.9 Å². The maximum Gasteiger partial charge on any atom is 0.161 e. The minimum atomic E-state index is 0.0869. The second kappa shape index (κ2) is 7.70. The lowest BCUT2D eigenvalue weighted by Gasteiger charge is -2.50. The maximum absolute atomic E-state index is 10.1. The lowest BCUT2D eigenvalue weighted by atomic mass is 9.83. The second-order valence-corrected chi connectivity index (χ2v) is 8.38. The fourth-order valence-electron chi connectivity index (χ4n) is 4.48. The van der Waals surface area contributed by atoms with Gasteiger partial charge in [0.15, 0.2) is 11.5 Å². The van der Waals surface area contributed by atoms with E-state index in [0.29, 0.717) is 5.71 Å². The summed E-state index contributed by atoms with van der Waals surface area (Å²) in [6.45, 7) is 1.08.